The summed E-state index contributed by atoms with van der Waals surface area (Å²) >= 11 is 0. The molecule has 3 rings (SSSR count). The van der Waals surface area contributed by atoms with E-state index in [9.17, 15) is 19.2 Å². The number of benzene rings is 2. The molecule has 0 atom stereocenters. The smallest absolute Gasteiger partial charge is 0.330 e. The lowest BCUT2D eigenvalue weighted by atomic mass is 9.91. The van der Waals surface area contributed by atoms with E-state index in [1.165, 1.54) is 9.47 Å². The summed E-state index contributed by atoms with van der Waals surface area (Å²) in [5, 5.41) is 0. The molecule has 0 radical (unpaired) electrons. The van der Waals surface area contributed by atoms with Gasteiger partial charge in [0, 0.05) is 13.1 Å². The van der Waals surface area contributed by atoms with Crippen LogP contribution in [0.3, 0.4) is 0 Å². The van der Waals surface area contributed by atoms with Crippen molar-refractivity contribution in [2.24, 2.45) is 0 Å². The maximum atomic E-state index is 13.3. The molecule has 0 bridgehead atoms. The molecule has 3 aromatic rings. The monoisotopic (exact) mass is 492 g/mol. The van der Waals surface area contributed by atoms with Gasteiger partial charge in [0.1, 0.15) is 11.7 Å². The molecule has 3 N–H and O–H groups in total. The van der Waals surface area contributed by atoms with Crippen molar-refractivity contribution < 1.29 is 14.3 Å². The number of esters is 1. The third kappa shape index (κ3) is 6.10. The standard InChI is InChI=1S/C27H32N4O5/c1-3-5-17-30(23-24(28)31(16-4-2)27(35)29-25(23)33)21(32)18-36-26(34)22(19-12-8-6-9-13-19)20-14-10-7-11-15-20/h6-15,22H,3-5,16-18,28H2,1-2H3,(H,29,33,35). The average molecular weight is 493 g/mol. The summed E-state index contributed by atoms with van der Waals surface area (Å²) in [6, 6.07) is 18.3. The maximum absolute atomic E-state index is 13.3. The Hall–Kier alpha value is -4.14. The van der Waals surface area contributed by atoms with Crippen molar-refractivity contribution in [2.75, 3.05) is 23.8 Å². The van der Waals surface area contributed by atoms with Crippen LogP contribution in [0.4, 0.5) is 11.5 Å². The van der Waals surface area contributed by atoms with E-state index in [-0.39, 0.29) is 24.6 Å². The minimum absolute atomic E-state index is 0.0900. The Labute approximate surface area is 209 Å². The second-order valence-electron chi connectivity index (χ2n) is 8.41. The molecule has 9 nitrogen and oxygen atoms in total. The molecule has 0 saturated heterocycles. The number of H-pyrrole nitrogens is 1. The van der Waals surface area contributed by atoms with Crippen LogP contribution in [0.1, 0.15) is 50.2 Å². The number of rotatable bonds is 11. The molecule has 0 aliphatic rings. The molecular formula is C27H32N4O5. The molecule has 190 valence electrons. The number of aromatic amines is 1. The van der Waals surface area contributed by atoms with Crippen molar-refractivity contribution in [1.82, 2.24) is 9.55 Å². The van der Waals surface area contributed by atoms with Crippen molar-refractivity contribution in [3.05, 3.63) is 92.6 Å². The summed E-state index contributed by atoms with van der Waals surface area (Å²) in [4.78, 5) is 54.8. The first kappa shape index (κ1) is 26.5. The molecule has 0 aliphatic heterocycles. The van der Waals surface area contributed by atoms with Gasteiger partial charge in [-0.3, -0.25) is 23.9 Å². The van der Waals surface area contributed by atoms with E-state index in [1.54, 1.807) is 0 Å². The minimum atomic E-state index is -0.757. The van der Waals surface area contributed by atoms with Crippen molar-refractivity contribution in [2.45, 2.75) is 45.6 Å². The predicted molar refractivity (Wildman–Crippen MR) is 139 cm³/mol. The third-order valence-corrected chi connectivity index (χ3v) is 5.81. The van der Waals surface area contributed by atoms with Gasteiger partial charge in [0.05, 0.1) is 0 Å². The maximum Gasteiger partial charge on any atom is 0.330 e. The Morgan fingerprint density at radius 1 is 0.972 bits per heavy atom. The van der Waals surface area contributed by atoms with E-state index in [2.05, 4.69) is 4.98 Å². The first-order valence-electron chi connectivity index (χ1n) is 12.1. The largest absolute Gasteiger partial charge is 0.455 e. The number of hydrogen-bond donors (Lipinski definition) is 2. The first-order valence-corrected chi connectivity index (χ1v) is 12.1. The van der Waals surface area contributed by atoms with E-state index in [0.29, 0.717) is 12.8 Å². The molecule has 1 aromatic heterocycles. The molecule has 0 saturated carbocycles. The Kier molecular flexibility index (Phi) is 9.21. The summed E-state index contributed by atoms with van der Waals surface area (Å²) in [7, 11) is 0. The highest BCUT2D eigenvalue weighted by Crippen LogP contribution is 2.26. The summed E-state index contributed by atoms with van der Waals surface area (Å²) in [5.41, 5.74) is 6.14. The van der Waals surface area contributed by atoms with Crippen LogP contribution >= 0.6 is 0 Å². The molecule has 0 spiro atoms. The van der Waals surface area contributed by atoms with E-state index < -0.39 is 35.7 Å². The van der Waals surface area contributed by atoms with Crippen LogP contribution in [0.2, 0.25) is 0 Å². The van der Waals surface area contributed by atoms with E-state index in [4.69, 9.17) is 10.5 Å². The van der Waals surface area contributed by atoms with Crippen molar-refractivity contribution in [1.29, 1.82) is 0 Å². The van der Waals surface area contributed by atoms with Gasteiger partial charge in [0.25, 0.3) is 11.5 Å². The van der Waals surface area contributed by atoms with Gasteiger partial charge in [0.15, 0.2) is 12.3 Å². The molecule has 0 aliphatic carbocycles. The third-order valence-electron chi connectivity index (χ3n) is 5.81. The summed E-state index contributed by atoms with van der Waals surface area (Å²) in [6.07, 6.45) is 1.94. The van der Waals surface area contributed by atoms with Crippen LogP contribution in [0.15, 0.2) is 70.3 Å². The van der Waals surface area contributed by atoms with E-state index in [1.807, 2.05) is 74.5 Å². The Morgan fingerprint density at radius 2 is 1.56 bits per heavy atom. The van der Waals surface area contributed by atoms with Crippen LogP contribution in [0.5, 0.6) is 0 Å². The zero-order valence-electron chi connectivity index (χ0n) is 20.6. The first-order chi connectivity index (χ1) is 17.4. The number of anilines is 2. The number of amides is 1. The Balaban J connectivity index is 1.88. The number of nitrogens with two attached hydrogens (primary N) is 1. The van der Waals surface area contributed by atoms with Gasteiger partial charge in [-0.2, -0.15) is 0 Å². The van der Waals surface area contributed by atoms with Gasteiger partial charge in [-0.1, -0.05) is 80.9 Å². The second kappa shape index (κ2) is 12.5. The van der Waals surface area contributed by atoms with Gasteiger partial charge < -0.3 is 15.4 Å². The highest BCUT2D eigenvalue weighted by atomic mass is 16.5. The van der Waals surface area contributed by atoms with E-state index in [0.717, 1.165) is 17.5 Å². The Morgan fingerprint density at radius 3 is 2.08 bits per heavy atom. The molecule has 1 amide bonds. The quantitative estimate of drug-likeness (QED) is 0.396. The molecular weight excluding hydrogens is 460 g/mol. The number of unbranched alkanes of at least 4 members (excludes halogenated alkanes) is 1. The number of nitrogens with one attached hydrogen (secondary N) is 1. The number of ether oxygens (including phenoxy) is 1. The Bertz CT molecular complexity index is 1250. The number of carbonyl (C=O) groups excluding carboxylic acids is 2. The van der Waals surface area contributed by atoms with Gasteiger partial charge in [0.2, 0.25) is 0 Å². The van der Waals surface area contributed by atoms with Gasteiger partial charge in [-0.15, -0.1) is 0 Å². The molecule has 36 heavy (non-hydrogen) atoms. The van der Waals surface area contributed by atoms with Crippen LogP contribution in [0.25, 0.3) is 0 Å². The lowest BCUT2D eigenvalue weighted by molar-refractivity contribution is -0.148. The van der Waals surface area contributed by atoms with E-state index >= 15 is 0 Å². The highest BCUT2D eigenvalue weighted by molar-refractivity contribution is 5.97. The van der Waals surface area contributed by atoms with Gasteiger partial charge >= 0.3 is 11.7 Å². The predicted octanol–water partition coefficient (Wildman–Crippen LogP) is 3.04. The lowest BCUT2D eigenvalue weighted by Crippen LogP contribution is -2.43. The topological polar surface area (TPSA) is 127 Å². The number of nitrogens with zero attached hydrogens (tertiary/aromatic N) is 2. The van der Waals surface area contributed by atoms with Crippen LogP contribution in [-0.4, -0.2) is 34.6 Å². The van der Waals surface area contributed by atoms with Crippen LogP contribution in [0, 0.1) is 0 Å². The summed E-state index contributed by atoms with van der Waals surface area (Å²) in [6.45, 7) is 3.70. The molecule has 1 heterocycles. The fraction of sp³-hybridized carbons (Fsp3) is 0.333. The number of hydrogen-bond acceptors (Lipinski definition) is 6. The molecule has 9 heteroatoms. The lowest BCUT2D eigenvalue weighted by Gasteiger charge is -2.25. The highest BCUT2D eigenvalue weighted by Gasteiger charge is 2.28. The summed E-state index contributed by atoms with van der Waals surface area (Å²) in [5.74, 6) is -2.00. The molecule has 2 aromatic carbocycles. The zero-order chi connectivity index (χ0) is 26.1. The molecule has 0 unspecified atom stereocenters. The van der Waals surface area contributed by atoms with Crippen LogP contribution in [-0.2, 0) is 20.9 Å². The summed E-state index contributed by atoms with van der Waals surface area (Å²) < 4.78 is 6.72. The number of carbonyl (C=O) groups is 2. The van der Waals surface area contributed by atoms with Gasteiger partial charge in [-0.05, 0) is 24.0 Å². The number of aromatic nitrogens is 2. The number of nitrogen functional groups attached to an aromatic ring is 1. The molecule has 0 fully saturated rings. The fourth-order valence-electron chi connectivity index (χ4n) is 4.01. The van der Waals surface area contributed by atoms with Crippen molar-refractivity contribution in [3.8, 4) is 0 Å². The SMILES string of the molecule is CCCCN(C(=O)COC(=O)C(c1ccccc1)c1ccccc1)c1c(N)n(CCC)c(=O)[nH]c1=O. The van der Waals surface area contributed by atoms with Crippen molar-refractivity contribution in [3.63, 3.8) is 0 Å². The van der Waals surface area contributed by atoms with Gasteiger partial charge in [-0.25, -0.2) is 4.79 Å². The second-order valence-corrected chi connectivity index (χ2v) is 8.41. The minimum Gasteiger partial charge on any atom is -0.455 e. The zero-order valence-corrected chi connectivity index (χ0v) is 20.6. The average Bonchev–Trinajstić information content (AvgIpc) is 2.88. The fourth-order valence-corrected chi connectivity index (χ4v) is 4.01. The normalized spacial score (nSPS) is 10.9. The van der Waals surface area contributed by atoms with Crippen molar-refractivity contribution >= 4 is 23.4 Å². The van der Waals surface area contributed by atoms with Crippen LogP contribution < -0.4 is 21.9 Å².